The van der Waals surface area contributed by atoms with E-state index < -0.39 is 0 Å². The van der Waals surface area contributed by atoms with Crippen LogP contribution in [-0.2, 0) is 20.9 Å². The summed E-state index contributed by atoms with van der Waals surface area (Å²) in [6, 6.07) is 16.0. The lowest BCUT2D eigenvalue weighted by Gasteiger charge is -2.31. The van der Waals surface area contributed by atoms with E-state index in [2.05, 4.69) is 17.1 Å². The molecule has 1 aliphatic carbocycles. The summed E-state index contributed by atoms with van der Waals surface area (Å²) in [5, 5.41) is 3.06. The molecule has 2 fully saturated rings. The lowest BCUT2D eigenvalue weighted by molar-refractivity contribution is -0.135. The summed E-state index contributed by atoms with van der Waals surface area (Å²) in [5.41, 5.74) is 3.90. The molecule has 6 nitrogen and oxygen atoms in total. The summed E-state index contributed by atoms with van der Waals surface area (Å²) in [7, 11) is 4.01. The van der Waals surface area contributed by atoms with Crippen molar-refractivity contribution >= 4 is 23.2 Å². The highest BCUT2D eigenvalue weighted by Gasteiger charge is 2.31. The maximum absolute atomic E-state index is 13.9. The normalized spacial score (nSPS) is 18.4. The van der Waals surface area contributed by atoms with E-state index >= 15 is 0 Å². The van der Waals surface area contributed by atoms with Gasteiger partial charge in [-0.3, -0.25) is 9.59 Å². The van der Waals surface area contributed by atoms with Crippen LogP contribution in [0.3, 0.4) is 0 Å². The zero-order valence-corrected chi connectivity index (χ0v) is 20.6. The first-order valence-corrected chi connectivity index (χ1v) is 12.5. The van der Waals surface area contributed by atoms with Crippen molar-refractivity contribution in [2.24, 2.45) is 5.92 Å². The van der Waals surface area contributed by atoms with Crippen LogP contribution in [-0.4, -0.2) is 50.1 Å². The van der Waals surface area contributed by atoms with Crippen LogP contribution in [0, 0.1) is 5.92 Å². The second-order valence-corrected chi connectivity index (χ2v) is 9.73. The fourth-order valence-electron chi connectivity index (χ4n) is 4.75. The van der Waals surface area contributed by atoms with Gasteiger partial charge in [-0.25, -0.2) is 0 Å². The summed E-state index contributed by atoms with van der Waals surface area (Å²) in [5.74, 6) is 0.168. The summed E-state index contributed by atoms with van der Waals surface area (Å²) >= 11 is 0. The Balaban J connectivity index is 1.61. The lowest BCUT2D eigenvalue weighted by Crippen LogP contribution is -2.40. The maximum Gasteiger partial charge on any atom is 0.230 e. The van der Waals surface area contributed by atoms with Crippen LogP contribution < -0.4 is 10.2 Å². The van der Waals surface area contributed by atoms with Crippen molar-refractivity contribution in [2.75, 3.05) is 37.5 Å². The van der Waals surface area contributed by atoms with Crippen molar-refractivity contribution in [1.82, 2.24) is 4.90 Å². The van der Waals surface area contributed by atoms with Crippen molar-refractivity contribution in [2.45, 2.75) is 57.6 Å². The molecule has 1 heterocycles. The molecule has 1 saturated heterocycles. The van der Waals surface area contributed by atoms with Crippen LogP contribution in [0.25, 0.3) is 0 Å². The van der Waals surface area contributed by atoms with Gasteiger partial charge in [0.05, 0.1) is 12.0 Å². The fraction of sp³-hybridized carbons (Fsp3) is 0.500. The topological polar surface area (TPSA) is 61.9 Å². The number of nitrogens with one attached hydrogen (secondary N) is 1. The number of hydrogen-bond acceptors (Lipinski definition) is 4. The molecule has 0 radical (unpaired) electrons. The number of hydrogen-bond donors (Lipinski definition) is 1. The number of anilines is 2. The largest absolute Gasteiger partial charge is 0.377 e. The zero-order chi connectivity index (χ0) is 24.1. The van der Waals surface area contributed by atoms with Crippen molar-refractivity contribution < 1.29 is 14.3 Å². The Morgan fingerprint density at radius 3 is 2.47 bits per heavy atom. The molecule has 2 amide bonds. The number of amides is 2. The van der Waals surface area contributed by atoms with Gasteiger partial charge in [-0.05, 0) is 61.4 Å². The van der Waals surface area contributed by atoms with Gasteiger partial charge < -0.3 is 19.9 Å². The van der Waals surface area contributed by atoms with Crippen LogP contribution in [0.5, 0.6) is 0 Å². The number of carbonyl (C=O) groups excluding carboxylic acids is 2. The van der Waals surface area contributed by atoms with E-state index in [0.29, 0.717) is 13.1 Å². The third kappa shape index (κ3) is 5.98. The molecule has 0 bridgehead atoms. The molecule has 182 valence electrons. The van der Waals surface area contributed by atoms with Crippen molar-refractivity contribution in [3.8, 4) is 0 Å². The smallest absolute Gasteiger partial charge is 0.230 e. The second kappa shape index (κ2) is 11.0. The Morgan fingerprint density at radius 1 is 1.09 bits per heavy atom. The zero-order valence-electron chi connectivity index (χ0n) is 20.6. The van der Waals surface area contributed by atoms with Gasteiger partial charge in [0.2, 0.25) is 11.8 Å². The highest BCUT2D eigenvalue weighted by molar-refractivity contribution is 5.94. The molecule has 0 spiro atoms. The highest BCUT2D eigenvalue weighted by atomic mass is 16.5. The van der Waals surface area contributed by atoms with Gasteiger partial charge in [0.25, 0.3) is 0 Å². The molecule has 2 atom stereocenters. The predicted octanol–water partition coefficient (Wildman–Crippen LogP) is 4.80. The third-order valence-electron chi connectivity index (χ3n) is 6.81. The van der Waals surface area contributed by atoms with E-state index in [4.69, 9.17) is 4.74 Å². The lowest BCUT2D eigenvalue weighted by atomic mass is 9.94. The third-order valence-corrected chi connectivity index (χ3v) is 6.81. The van der Waals surface area contributed by atoms with Gasteiger partial charge in [-0.1, -0.05) is 37.3 Å². The van der Waals surface area contributed by atoms with Crippen molar-refractivity contribution in [3.63, 3.8) is 0 Å². The van der Waals surface area contributed by atoms with E-state index in [-0.39, 0.29) is 29.8 Å². The molecule has 6 heteroatoms. The maximum atomic E-state index is 13.9. The molecule has 0 unspecified atom stereocenters. The average Bonchev–Trinajstić information content (AvgIpc) is 3.57. The average molecular weight is 464 g/mol. The summed E-state index contributed by atoms with van der Waals surface area (Å²) < 4.78 is 5.92. The van der Waals surface area contributed by atoms with Gasteiger partial charge in [0.15, 0.2) is 0 Å². The van der Waals surface area contributed by atoms with E-state index in [1.165, 1.54) is 0 Å². The first-order chi connectivity index (χ1) is 16.5. The molecule has 2 aromatic carbocycles. The summed E-state index contributed by atoms with van der Waals surface area (Å²) in [6.45, 7) is 3.88. The molecule has 0 aromatic heterocycles. The van der Waals surface area contributed by atoms with Crippen LogP contribution >= 0.6 is 0 Å². The minimum Gasteiger partial charge on any atom is -0.377 e. The van der Waals surface area contributed by atoms with Crippen LogP contribution in [0.4, 0.5) is 11.4 Å². The van der Waals surface area contributed by atoms with Crippen molar-refractivity contribution in [3.05, 3.63) is 59.7 Å². The fourth-order valence-corrected chi connectivity index (χ4v) is 4.75. The minimum absolute atomic E-state index is 0.0674. The molecular weight excluding hydrogens is 426 g/mol. The molecule has 1 N–H and O–H groups in total. The number of rotatable bonds is 10. The second-order valence-electron chi connectivity index (χ2n) is 9.73. The van der Waals surface area contributed by atoms with Crippen LogP contribution in [0.15, 0.2) is 48.5 Å². The van der Waals surface area contributed by atoms with Gasteiger partial charge in [0.1, 0.15) is 0 Å². The van der Waals surface area contributed by atoms with Crippen molar-refractivity contribution in [1.29, 1.82) is 0 Å². The van der Waals surface area contributed by atoms with E-state index in [1.54, 1.807) is 0 Å². The Morgan fingerprint density at radius 2 is 1.85 bits per heavy atom. The Kier molecular flexibility index (Phi) is 7.88. The minimum atomic E-state index is -0.192. The predicted molar refractivity (Wildman–Crippen MR) is 136 cm³/mol. The first-order valence-electron chi connectivity index (χ1n) is 12.5. The standard InChI is InChI=1S/C28H37N3O3/c1-4-25(20-9-6-5-7-10-20)28(33)31(19-24-11-8-16-34-24)18-22-17-23(14-15-26(22)30(2)3)29-27(32)21-12-13-21/h5-7,9-10,14-15,17,21,24-25H,4,8,11-13,16,18-19H2,1-3H3,(H,29,32)/t24-,25-/m1/s1. The molecule has 2 aliphatic rings. The highest BCUT2D eigenvalue weighted by Crippen LogP contribution is 2.32. The first kappa shape index (κ1) is 24.3. The quantitative estimate of drug-likeness (QED) is 0.550. The summed E-state index contributed by atoms with van der Waals surface area (Å²) in [4.78, 5) is 30.3. The summed E-state index contributed by atoms with van der Waals surface area (Å²) in [6.07, 6.45) is 4.76. The van der Waals surface area contributed by atoms with E-state index in [9.17, 15) is 9.59 Å². The Bertz CT molecular complexity index is 982. The number of ether oxygens (including phenoxy) is 1. The number of benzene rings is 2. The molecule has 34 heavy (non-hydrogen) atoms. The SMILES string of the molecule is CC[C@@H](C(=O)N(Cc1cc(NC(=O)C2CC2)ccc1N(C)C)C[C@H]1CCCO1)c1ccccc1. The molecule has 1 aliphatic heterocycles. The Labute approximate surface area is 203 Å². The molecule has 4 rings (SSSR count). The van der Waals surface area contributed by atoms with Crippen LogP contribution in [0.1, 0.15) is 56.1 Å². The van der Waals surface area contributed by atoms with Gasteiger partial charge in [-0.2, -0.15) is 0 Å². The van der Waals surface area contributed by atoms with Gasteiger partial charge in [-0.15, -0.1) is 0 Å². The van der Waals surface area contributed by atoms with Gasteiger partial charge in [0, 0.05) is 51.1 Å². The van der Waals surface area contributed by atoms with Crippen LogP contribution in [0.2, 0.25) is 0 Å². The number of carbonyl (C=O) groups is 2. The van der Waals surface area contributed by atoms with Gasteiger partial charge >= 0.3 is 0 Å². The van der Waals surface area contributed by atoms with E-state index in [0.717, 1.165) is 61.2 Å². The molecular formula is C28H37N3O3. The number of nitrogens with zero attached hydrogens (tertiary/aromatic N) is 2. The van der Waals surface area contributed by atoms with E-state index in [1.807, 2.05) is 67.5 Å². The monoisotopic (exact) mass is 463 g/mol. The molecule has 2 aromatic rings. The molecule has 1 saturated carbocycles. The Hall–Kier alpha value is -2.86.